The van der Waals surface area contributed by atoms with Crippen LogP contribution in [0, 0.1) is 6.92 Å². The average Bonchev–Trinajstić information content (AvgIpc) is 3.68. The predicted molar refractivity (Wildman–Crippen MR) is 153 cm³/mol. The van der Waals surface area contributed by atoms with E-state index in [-0.39, 0.29) is 22.9 Å². The fourth-order valence-electron chi connectivity index (χ4n) is 5.31. The first kappa shape index (κ1) is 26.5. The summed E-state index contributed by atoms with van der Waals surface area (Å²) in [6.45, 7) is 5.84. The Balaban J connectivity index is 1.16. The summed E-state index contributed by atoms with van der Waals surface area (Å²) in [5.74, 6) is -0.369. The summed E-state index contributed by atoms with van der Waals surface area (Å²) in [5, 5.41) is 7.38. The molecule has 1 aliphatic carbocycles. The number of aromatic nitrogens is 3. The molecule has 2 N–H and O–H groups in total. The summed E-state index contributed by atoms with van der Waals surface area (Å²) >= 11 is 0. The van der Waals surface area contributed by atoms with Crippen LogP contribution in [-0.4, -0.2) is 65.6 Å². The number of nitrogens with zero attached hydrogens (tertiary/aromatic N) is 4. The highest BCUT2D eigenvalue weighted by Crippen LogP contribution is 2.37. The highest BCUT2D eigenvalue weighted by atomic mass is 32.2. The van der Waals surface area contributed by atoms with Crippen LogP contribution in [0.1, 0.15) is 40.2 Å². The van der Waals surface area contributed by atoms with Crippen LogP contribution in [-0.2, 0) is 22.9 Å². The van der Waals surface area contributed by atoms with Gasteiger partial charge in [-0.05, 0) is 67.8 Å². The van der Waals surface area contributed by atoms with Crippen molar-refractivity contribution in [2.24, 2.45) is 0 Å². The Kier molecular flexibility index (Phi) is 6.85. The molecule has 40 heavy (non-hydrogen) atoms. The predicted octanol–water partition coefficient (Wildman–Crippen LogP) is 3.27. The van der Waals surface area contributed by atoms with Gasteiger partial charge in [-0.1, -0.05) is 12.1 Å². The topological polar surface area (TPSA) is 117 Å². The summed E-state index contributed by atoms with van der Waals surface area (Å²) in [7, 11) is -3.43. The van der Waals surface area contributed by atoms with Crippen LogP contribution in [0.4, 0.5) is 0 Å². The quantitative estimate of drug-likeness (QED) is 0.356. The molecule has 1 saturated heterocycles. The molecule has 1 aliphatic heterocycles. The standard InChI is InChI=1S/C30H32N6O3S/c1-20-6-7-21(14-28(20)40(2,38)39)29(37)32-17-24-15-27-22(16-31-24)8-9-26(35-27)25-5-3-4-23(34-25)18-36-13-12-33-30(19-36)10-11-30/h3-9,14-16,33H,10-13,17-19H2,1-2H3,(H,32,37). The van der Waals surface area contributed by atoms with Crippen LogP contribution in [0.3, 0.4) is 0 Å². The lowest BCUT2D eigenvalue weighted by Gasteiger charge is -2.33. The molecular formula is C30H32N6O3S. The smallest absolute Gasteiger partial charge is 0.251 e. The molecule has 1 saturated carbocycles. The van der Waals surface area contributed by atoms with Gasteiger partial charge in [0.2, 0.25) is 0 Å². The number of nitrogens with one attached hydrogen (secondary N) is 2. The van der Waals surface area contributed by atoms with Crippen molar-refractivity contribution in [3.05, 3.63) is 83.3 Å². The van der Waals surface area contributed by atoms with Crippen LogP contribution in [0.2, 0.25) is 0 Å². The first-order valence-corrected chi connectivity index (χ1v) is 15.3. The number of hydrogen-bond acceptors (Lipinski definition) is 8. The van der Waals surface area contributed by atoms with Crippen LogP contribution < -0.4 is 10.6 Å². The molecule has 2 fully saturated rings. The van der Waals surface area contributed by atoms with Crippen LogP contribution in [0.5, 0.6) is 0 Å². The summed E-state index contributed by atoms with van der Waals surface area (Å²) in [4.78, 5) is 29.6. The number of amides is 1. The molecular weight excluding hydrogens is 524 g/mol. The van der Waals surface area contributed by atoms with E-state index in [1.807, 2.05) is 30.3 Å². The number of pyridine rings is 3. The van der Waals surface area contributed by atoms with E-state index in [0.29, 0.717) is 16.8 Å². The zero-order valence-electron chi connectivity index (χ0n) is 22.6. The molecule has 1 amide bonds. The number of sulfone groups is 1. The van der Waals surface area contributed by atoms with Gasteiger partial charge in [0.25, 0.3) is 5.91 Å². The maximum Gasteiger partial charge on any atom is 0.251 e. The molecule has 10 heteroatoms. The number of rotatable bonds is 7. The van der Waals surface area contributed by atoms with Gasteiger partial charge in [0.1, 0.15) is 0 Å². The molecule has 1 spiro atoms. The van der Waals surface area contributed by atoms with Crippen LogP contribution in [0.15, 0.2) is 65.7 Å². The van der Waals surface area contributed by atoms with E-state index >= 15 is 0 Å². The Hall–Kier alpha value is -3.73. The minimum Gasteiger partial charge on any atom is -0.346 e. The molecule has 3 aromatic heterocycles. The Morgan fingerprint density at radius 3 is 2.67 bits per heavy atom. The largest absolute Gasteiger partial charge is 0.346 e. The van der Waals surface area contributed by atoms with Gasteiger partial charge >= 0.3 is 0 Å². The van der Waals surface area contributed by atoms with Gasteiger partial charge in [0.15, 0.2) is 9.84 Å². The van der Waals surface area contributed by atoms with E-state index in [2.05, 4.69) is 26.6 Å². The molecule has 6 rings (SSSR count). The zero-order valence-corrected chi connectivity index (χ0v) is 23.5. The Morgan fingerprint density at radius 1 is 1.05 bits per heavy atom. The summed E-state index contributed by atoms with van der Waals surface area (Å²) in [5.41, 5.74) is 5.27. The van der Waals surface area contributed by atoms with Crippen molar-refractivity contribution in [3.63, 3.8) is 0 Å². The molecule has 0 bridgehead atoms. The fraction of sp³-hybridized carbons (Fsp3) is 0.333. The van der Waals surface area contributed by atoms with Crippen molar-refractivity contribution < 1.29 is 13.2 Å². The van der Waals surface area contributed by atoms with E-state index in [1.54, 1.807) is 25.3 Å². The van der Waals surface area contributed by atoms with E-state index < -0.39 is 9.84 Å². The molecule has 1 aromatic carbocycles. The highest BCUT2D eigenvalue weighted by Gasteiger charge is 2.45. The number of piperazine rings is 1. The van der Waals surface area contributed by atoms with Crippen molar-refractivity contribution in [3.8, 4) is 11.4 Å². The van der Waals surface area contributed by atoms with Gasteiger partial charge < -0.3 is 10.6 Å². The highest BCUT2D eigenvalue weighted by molar-refractivity contribution is 7.90. The molecule has 206 valence electrons. The SMILES string of the molecule is Cc1ccc(C(=O)NCc2cc3nc(-c4cccc(CN5CCNC6(CC6)C5)n4)ccc3cn2)cc1S(C)(=O)=O. The fourth-order valence-corrected chi connectivity index (χ4v) is 6.31. The summed E-state index contributed by atoms with van der Waals surface area (Å²) in [6, 6.07) is 16.6. The Labute approximate surface area is 234 Å². The number of hydrogen-bond donors (Lipinski definition) is 2. The molecule has 4 heterocycles. The van der Waals surface area contributed by atoms with Crippen molar-refractivity contribution in [1.29, 1.82) is 0 Å². The second-order valence-electron chi connectivity index (χ2n) is 10.9. The molecule has 4 aromatic rings. The molecule has 2 aliphatic rings. The van der Waals surface area contributed by atoms with Gasteiger partial charge in [0.05, 0.1) is 39.7 Å². The summed E-state index contributed by atoms with van der Waals surface area (Å²) in [6.07, 6.45) is 5.39. The lowest BCUT2D eigenvalue weighted by atomic mass is 10.1. The van der Waals surface area contributed by atoms with E-state index in [4.69, 9.17) is 9.97 Å². The number of fused-ring (bicyclic) bond motifs is 1. The number of aryl methyl sites for hydroxylation is 1. The second kappa shape index (κ2) is 10.3. The third-order valence-electron chi connectivity index (χ3n) is 7.67. The van der Waals surface area contributed by atoms with Crippen molar-refractivity contribution in [2.75, 3.05) is 25.9 Å². The first-order chi connectivity index (χ1) is 19.2. The minimum absolute atomic E-state index is 0.151. The van der Waals surface area contributed by atoms with Crippen molar-refractivity contribution in [1.82, 2.24) is 30.5 Å². The maximum atomic E-state index is 12.8. The van der Waals surface area contributed by atoms with Gasteiger partial charge in [-0.15, -0.1) is 0 Å². The summed E-state index contributed by atoms with van der Waals surface area (Å²) < 4.78 is 24.1. The first-order valence-electron chi connectivity index (χ1n) is 13.5. The monoisotopic (exact) mass is 556 g/mol. The minimum atomic E-state index is -3.43. The average molecular weight is 557 g/mol. The van der Waals surface area contributed by atoms with Crippen molar-refractivity contribution >= 4 is 26.6 Å². The zero-order chi connectivity index (χ0) is 27.9. The van der Waals surface area contributed by atoms with E-state index in [1.165, 1.54) is 18.9 Å². The lowest BCUT2D eigenvalue weighted by Crippen LogP contribution is -2.52. The third kappa shape index (κ3) is 5.74. The van der Waals surface area contributed by atoms with E-state index in [0.717, 1.165) is 60.4 Å². The number of carbonyl (C=O) groups excluding carboxylic acids is 1. The van der Waals surface area contributed by atoms with Gasteiger partial charge in [-0.2, -0.15) is 0 Å². The normalized spacial score (nSPS) is 16.8. The van der Waals surface area contributed by atoms with Crippen LogP contribution in [0.25, 0.3) is 22.3 Å². The van der Waals surface area contributed by atoms with E-state index in [9.17, 15) is 13.2 Å². The lowest BCUT2D eigenvalue weighted by molar-refractivity contribution is 0.0950. The molecule has 9 nitrogen and oxygen atoms in total. The van der Waals surface area contributed by atoms with Gasteiger partial charge in [-0.25, -0.2) is 18.4 Å². The third-order valence-corrected chi connectivity index (χ3v) is 8.91. The van der Waals surface area contributed by atoms with Crippen LogP contribution >= 0.6 is 0 Å². The second-order valence-corrected chi connectivity index (χ2v) is 12.9. The number of benzene rings is 1. The number of carbonyl (C=O) groups is 1. The Bertz CT molecular complexity index is 1720. The van der Waals surface area contributed by atoms with Crippen molar-refractivity contribution in [2.45, 2.75) is 43.3 Å². The maximum absolute atomic E-state index is 12.8. The Morgan fingerprint density at radius 2 is 1.88 bits per heavy atom. The van der Waals surface area contributed by atoms with Gasteiger partial charge in [-0.3, -0.25) is 14.7 Å². The molecule has 0 radical (unpaired) electrons. The molecule has 0 atom stereocenters. The van der Waals surface area contributed by atoms with Gasteiger partial charge in [0, 0.05) is 55.1 Å². The molecule has 0 unspecified atom stereocenters.